The van der Waals surface area contributed by atoms with E-state index in [1.807, 2.05) is 68.4 Å². The van der Waals surface area contributed by atoms with Gasteiger partial charge >= 0.3 is 0 Å². The molecule has 0 radical (unpaired) electrons. The van der Waals surface area contributed by atoms with Gasteiger partial charge in [-0.25, -0.2) is 8.42 Å². The van der Waals surface area contributed by atoms with E-state index in [4.69, 9.17) is 11.6 Å². The third-order valence-electron chi connectivity index (χ3n) is 6.76. The summed E-state index contributed by atoms with van der Waals surface area (Å²) < 4.78 is 27.0. The molecule has 3 aromatic carbocycles. The van der Waals surface area contributed by atoms with E-state index in [0.717, 1.165) is 40.1 Å². The van der Waals surface area contributed by atoms with E-state index in [9.17, 15) is 18.0 Å². The van der Waals surface area contributed by atoms with Crippen LogP contribution >= 0.6 is 11.6 Å². The first kappa shape index (κ1) is 31.2. The number of aryl methyl sites for hydroxylation is 1. The molecular weight excluding hydrogens is 546 g/mol. The van der Waals surface area contributed by atoms with Crippen molar-refractivity contribution in [3.8, 4) is 0 Å². The van der Waals surface area contributed by atoms with E-state index >= 15 is 0 Å². The summed E-state index contributed by atoms with van der Waals surface area (Å²) in [5, 5.41) is 3.38. The highest BCUT2D eigenvalue weighted by Crippen LogP contribution is 2.28. The van der Waals surface area contributed by atoms with Crippen LogP contribution in [0.4, 0.5) is 5.69 Å². The Morgan fingerprint density at radius 2 is 1.60 bits per heavy atom. The van der Waals surface area contributed by atoms with Crippen molar-refractivity contribution >= 4 is 39.1 Å². The molecular formula is C31H38ClN3O4S. The molecule has 0 saturated carbocycles. The number of hydrogen-bond donors (Lipinski definition) is 1. The maximum Gasteiger partial charge on any atom is 0.244 e. The first-order chi connectivity index (χ1) is 19.0. The molecule has 1 N–H and O–H groups in total. The first-order valence-corrected chi connectivity index (χ1v) is 15.6. The summed E-state index contributed by atoms with van der Waals surface area (Å²) in [6, 6.07) is 21.3. The lowest BCUT2D eigenvalue weighted by atomic mass is 10.0. The maximum atomic E-state index is 14.1. The normalized spacial score (nSPS) is 12.0. The summed E-state index contributed by atoms with van der Waals surface area (Å²) in [5.41, 5.74) is 3.67. The number of anilines is 1. The number of carbonyl (C=O) groups is 2. The van der Waals surface area contributed by atoms with Gasteiger partial charge in [-0.05, 0) is 49.1 Å². The molecule has 0 aromatic heterocycles. The van der Waals surface area contributed by atoms with E-state index in [1.165, 1.54) is 4.90 Å². The van der Waals surface area contributed by atoms with E-state index in [0.29, 0.717) is 22.8 Å². The van der Waals surface area contributed by atoms with Crippen molar-refractivity contribution in [2.45, 2.75) is 52.6 Å². The topological polar surface area (TPSA) is 86.8 Å². The minimum Gasteiger partial charge on any atom is -0.354 e. The Kier molecular flexibility index (Phi) is 11.2. The largest absolute Gasteiger partial charge is 0.354 e. The molecule has 0 aliphatic heterocycles. The third kappa shape index (κ3) is 8.57. The molecule has 0 heterocycles. The van der Waals surface area contributed by atoms with Gasteiger partial charge in [-0.15, -0.1) is 0 Å². The van der Waals surface area contributed by atoms with Gasteiger partial charge in [0, 0.05) is 24.5 Å². The third-order valence-corrected chi connectivity index (χ3v) is 8.30. The highest BCUT2D eigenvalue weighted by atomic mass is 35.5. The van der Waals surface area contributed by atoms with E-state index < -0.39 is 28.5 Å². The van der Waals surface area contributed by atoms with Crippen molar-refractivity contribution in [2.24, 2.45) is 0 Å². The summed E-state index contributed by atoms with van der Waals surface area (Å²) in [6.07, 6.45) is 3.07. The molecule has 214 valence electrons. The SMILES string of the molecule is CCCCNC(=O)[C@H](Cc1ccccc1)N(Cc1ccc(C)cc1)C(=O)CN(c1cccc(Cl)c1C)S(C)(=O)=O. The predicted molar refractivity (Wildman–Crippen MR) is 162 cm³/mol. The molecule has 1 atom stereocenters. The van der Waals surface area contributed by atoms with Crippen LogP contribution in [0.25, 0.3) is 0 Å². The molecule has 0 aliphatic carbocycles. The van der Waals surface area contributed by atoms with Crippen LogP contribution in [0.3, 0.4) is 0 Å². The van der Waals surface area contributed by atoms with Crippen LogP contribution in [0.15, 0.2) is 72.8 Å². The van der Waals surface area contributed by atoms with Gasteiger partial charge in [0.2, 0.25) is 21.8 Å². The molecule has 0 saturated heterocycles. The minimum absolute atomic E-state index is 0.143. The molecule has 3 aromatic rings. The lowest BCUT2D eigenvalue weighted by molar-refractivity contribution is -0.140. The Morgan fingerprint density at radius 1 is 0.925 bits per heavy atom. The fourth-order valence-corrected chi connectivity index (χ4v) is 5.48. The molecule has 40 heavy (non-hydrogen) atoms. The summed E-state index contributed by atoms with van der Waals surface area (Å²) in [7, 11) is -3.86. The van der Waals surface area contributed by atoms with Crippen molar-refractivity contribution in [1.29, 1.82) is 0 Å². The van der Waals surface area contributed by atoms with Gasteiger partial charge in [-0.1, -0.05) is 91.2 Å². The van der Waals surface area contributed by atoms with Crippen LogP contribution in [0.5, 0.6) is 0 Å². The average molecular weight is 584 g/mol. The van der Waals surface area contributed by atoms with Crippen LogP contribution in [-0.4, -0.2) is 50.5 Å². The van der Waals surface area contributed by atoms with Gasteiger partial charge in [-0.2, -0.15) is 0 Å². The Hall–Kier alpha value is -3.36. The molecule has 0 spiro atoms. The van der Waals surface area contributed by atoms with Crippen LogP contribution in [0.1, 0.15) is 42.0 Å². The van der Waals surface area contributed by atoms with Crippen LogP contribution in [0.2, 0.25) is 5.02 Å². The fourth-order valence-electron chi connectivity index (χ4n) is 4.41. The Labute approximate surface area is 243 Å². The lowest BCUT2D eigenvalue weighted by Crippen LogP contribution is -2.53. The monoisotopic (exact) mass is 583 g/mol. The molecule has 0 bridgehead atoms. The van der Waals surface area contributed by atoms with E-state index in [1.54, 1.807) is 25.1 Å². The smallest absolute Gasteiger partial charge is 0.244 e. The number of halogens is 1. The zero-order valence-electron chi connectivity index (χ0n) is 23.6. The van der Waals surface area contributed by atoms with Gasteiger partial charge in [0.05, 0.1) is 11.9 Å². The number of nitrogens with one attached hydrogen (secondary N) is 1. The van der Waals surface area contributed by atoms with E-state index in [2.05, 4.69) is 5.32 Å². The molecule has 0 aliphatic rings. The molecule has 0 unspecified atom stereocenters. The molecule has 7 nitrogen and oxygen atoms in total. The summed E-state index contributed by atoms with van der Waals surface area (Å²) >= 11 is 6.30. The van der Waals surface area contributed by atoms with Gasteiger partial charge in [-0.3, -0.25) is 13.9 Å². The van der Waals surface area contributed by atoms with Gasteiger partial charge in [0.25, 0.3) is 0 Å². The lowest BCUT2D eigenvalue weighted by Gasteiger charge is -2.34. The number of carbonyl (C=O) groups excluding carboxylic acids is 2. The Bertz CT molecular complexity index is 1400. The molecule has 0 fully saturated rings. The van der Waals surface area contributed by atoms with Crippen molar-refractivity contribution in [3.05, 3.63) is 100 Å². The van der Waals surface area contributed by atoms with Crippen molar-refractivity contribution in [1.82, 2.24) is 10.2 Å². The first-order valence-electron chi connectivity index (χ1n) is 13.4. The van der Waals surface area contributed by atoms with Crippen molar-refractivity contribution in [2.75, 3.05) is 23.7 Å². The fraction of sp³-hybridized carbons (Fsp3) is 0.355. The Morgan fingerprint density at radius 3 is 2.23 bits per heavy atom. The maximum absolute atomic E-state index is 14.1. The summed E-state index contributed by atoms with van der Waals surface area (Å²) in [4.78, 5) is 29.2. The highest BCUT2D eigenvalue weighted by Gasteiger charge is 2.33. The summed E-state index contributed by atoms with van der Waals surface area (Å²) in [5.74, 6) is -0.764. The molecule has 9 heteroatoms. The minimum atomic E-state index is -3.86. The number of unbranched alkanes of at least 4 members (excludes halogenated alkanes) is 1. The second-order valence-electron chi connectivity index (χ2n) is 10.0. The quantitative estimate of drug-likeness (QED) is 0.277. The van der Waals surface area contributed by atoms with Gasteiger partial charge < -0.3 is 10.2 Å². The summed E-state index contributed by atoms with van der Waals surface area (Å²) in [6.45, 7) is 5.89. The van der Waals surface area contributed by atoms with Gasteiger partial charge in [0.15, 0.2) is 0 Å². The second kappa shape index (κ2) is 14.3. The number of rotatable bonds is 13. The number of hydrogen-bond acceptors (Lipinski definition) is 4. The molecule has 2 amide bonds. The van der Waals surface area contributed by atoms with Gasteiger partial charge in [0.1, 0.15) is 12.6 Å². The predicted octanol–water partition coefficient (Wildman–Crippen LogP) is 5.28. The zero-order valence-corrected chi connectivity index (χ0v) is 25.1. The van der Waals surface area contributed by atoms with Crippen LogP contribution in [0, 0.1) is 13.8 Å². The average Bonchev–Trinajstić information content (AvgIpc) is 2.92. The Balaban J connectivity index is 2.05. The zero-order chi connectivity index (χ0) is 29.3. The number of amides is 2. The standard InChI is InChI=1S/C31H38ClN3O4S/c1-5-6-19-33-31(37)29(20-25-11-8-7-9-12-25)34(21-26-17-15-23(2)16-18-26)30(36)22-35(40(4,38)39)28-14-10-13-27(32)24(28)3/h7-18,29H,5-6,19-22H2,1-4H3,(H,33,37)/t29-/m0/s1. The second-order valence-corrected chi connectivity index (χ2v) is 12.3. The van der Waals surface area contributed by atoms with Crippen molar-refractivity contribution in [3.63, 3.8) is 0 Å². The molecule has 3 rings (SSSR count). The van der Waals surface area contributed by atoms with Crippen LogP contribution < -0.4 is 9.62 Å². The highest BCUT2D eigenvalue weighted by molar-refractivity contribution is 7.92. The van der Waals surface area contributed by atoms with Crippen molar-refractivity contribution < 1.29 is 18.0 Å². The van der Waals surface area contributed by atoms with Crippen LogP contribution in [-0.2, 0) is 32.6 Å². The number of nitrogens with zero attached hydrogens (tertiary/aromatic N) is 2. The number of sulfonamides is 1. The number of benzene rings is 3. The van der Waals surface area contributed by atoms with E-state index in [-0.39, 0.29) is 18.9 Å².